The summed E-state index contributed by atoms with van der Waals surface area (Å²) in [5.41, 5.74) is 0.767. The summed E-state index contributed by atoms with van der Waals surface area (Å²) in [6.45, 7) is -2.81. The van der Waals surface area contributed by atoms with Gasteiger partial charge in [-0.15, -0.1) is 0 Å². The molecule has 0 radical (unpaired) electrons. The van der Waals surface area contributed by atoms with E-state index in [1.165, 1.54) is 37.8 Å². The third-order valence-electron chi connectivity index (χ3n) is 3.52. The molecular formula is C14H18F2O2. The van der Waals surface area contributed by atoms with E-state index >= 15 is 0 Å². The quantitative estimate of drug-likeness (QED) is 0.865. The molecule has 0 amide bonds. The highest BCUT2D eigenvalue weighted by Gasteiger charge is 2.19. The van der Waals surface area contributed by atoms with Gasteiger partial charge >= 0.3 is 6.61 Å². The zero-order valence-corrected chi connectivity index (χ0v) is 10.2. The van der Waals surface area contributed by atoms with Gasteiger partial charge in [0.25, 0.3) is 0 Å². The van der Waals surface area contributed by atoms with Crippen LogP contribution in [0.3, 0.4) is 0 Å². The van der Waals surface area contributed by atoms with Crippen molar-refractivity contribution < 1.29 is 18.6 Å². The highest BCUT2D eigenvalue weighted by atomic mass is 19.3. The minimum Gasteiger partial charge on any atom is -0.435 e. The first-order valence-corrected chi connectivity index (χ1v) is 6.38. The molecule has 0 bridgehead atoms. The first kappa shape index (κ1) is 13.3. The first-order valence-electron chi connectivity index (χ1n) is 6.38. The van der Waals surface area contributed by atoms with Crippen molar-refractivity contribution in [1.29, 1.82) is 0 Å². The van der Waals surface area contributed by atoms with Crippen LogP contribution in [0.4, 0.5) is 8.78 Å². The van der Waals surface area contributed by atoms with Gasteiger partial charge in [0.05, 0.1) is 6.10 Å². The summed E-state index contributed by atoms with van der Waals surface area (Å²) in [7, 11) is 0. The van der Waals surface area contributed by atoms with E-state index in [0.717, 1.165) is 12.0 Å². The molecule has 1 aliphatic rings. The van der Waals surface area contributed by atoms with Gasteiger partial charge in [-0.25, -0.2) is 0 Å². The molecule has 18 heavy (non-hydrogen) atoms. The molecule has 1 atom stereocenters. The summed E-state index contributed by atoms with van der Waals surface area (Å²) in [5.74, 6) is 0.721. The van der Waals surface area contributed by atoms with Crippen LogP contribution in [0.5, 0.6) is 5.75 Å². The Morgan fingerprint density at radius 2 is 1.78 bits per heavy atom. The van der Waals surface area contributed by atoms with E-state index in [1.807, 2.05) is 0 Å². The lowest BCUT2D eigenvalue weighted by molar-refractivity contribution is -0.0498. The Morgan fingerprint density at radius 3 is 2.33 bits per heavy atom. The molecule has 0 heterocycles. The molecule has 100 valence electrons. The Kier molecular flexibility index (Phi) is 4.53. The second kappa shape index (κ2) is 6.14. The van der Waals surface area contributed by atoms with Crippen molar-refractivity contribution >= 4 is 0 Å². The summed E-state index contributed by atoms with van der Waals surface area (Å²) in [4.78, 5) is 0. The van der Waals surface area contributed by atoms with Crippen LogP contribution < -0.4 is 4.74 Å². The molecule has 2 rings (SSSR count). The average molecular weight is 256 g/mol. The Balaban J connectivity index is 1.91. The molecule has 0 saturated heterocycles. The number of benzene rings is 1. The van der Waals surface area contributed by atoms with Crippen LogP contribution >= 0.6 is 0 Å². The van der Waals surface area contributed by atoms with Crippen LogP contribution in [0, 0.1) is 5.92 Å². The van der Waals surface area contributed by atoms with Crippen LogP contribution in [-0.2, 0) is 0 Å². The fourth-order valence-corrected chi connectivity index (χ4v) is 2.57. The molecule has 1 fully saturated rings. The fraction of sp³-hybridized carbons (Fsp3) is 0.571. The van der Waals surface area contributed by atoms with Crippen LogP contribution in [0.1, 0.15) is 43.8 Å². The number of aliphatic hydroxyl groups excluding tert-OH is 1. The maximum atomic E-state index is 12.0. The Bertz CT molecular complexity index is 359. The molecule has 0 aromatic heterocycles. The van der Waals surface area contributed by atoms with Gasteiger partial charge in [0, 0.05) is 0 Å². The maximum absolute atomic E-state index is 12.0. The summed E-state index contributed by atoms with van der Waals surface area (Å²) in [5, 5.41) is 10.1. The van der Waals surface area contributed by atoms with E-state index < -0.39 is 12.7 Å². The van der Waals surface area contributed by atoms with Crippen molar-refractivity contribution in [3.63, 3.8) is 0 Å². The molecule has 2 nitrogen and oxygen atoms in total. The SMILES string of the molecule is OC(CC1CCCC1)c1ccc(OC(F)F)cc1. The van der Waals surface area contributed by atoms with Gasteiger partial charge in [0.15, 0.2) is 0 Å². The number of ether oxygens (including phenoxy) is 1. The summed E-state index contributed by atoms with van der Waals surface area (Å²) >= 11 is 0. The number of aliphatic hydroxyl groups is 1. The molecule has 1 N–H and O–H groups in total. The van der Waals surface area contributed by atoms with Gasteiger partial charge in [-0.1, -0.05) is 37.8 Å². The van der Waals surface area contributed by atoms with Crippen LogP contribution in [0.2, 0.25) is 0 Å². The van der Waals surface area contributed by atoms with Gasteiger partial charge in [0.1, 0.15) is 5.75 Å². The molecule has 1 unspecified atom stereocenters. The minimum atomic E-state index is -2.81. The van der Waals surface area contributed by atoms with Gasteiger partial charge in [-0.3, -0.25) is 0 Å². The van der Waals surface area contributed by atoms with Crippen LogP contribution in [0.15, 0.2) is 24.3 Å². The zero-order valence-electron chi connectivity index (χ0n) is 10.2. The second-order valence-electron chi connectivity index (χ2n) is 4.85. The molecule has 1 aliphatic carbocycles. The van der Waals surface area contributed by atoms with Crippen molar-refractivity contribution in [3.05, 3.63) is 29.8 Å². The smallest absolute Gasteiger partial charge is 0.387 e. The van der Waals surface area contributed by atoms with Gasteiger partial charge in [0.2, 0.25) is 0 Å². The third-order valence-corrected chi connectivity index (χ3v) is 3.52. The monoisotopic (exact) mass is 256 g/mol. The van der Waals surface area contributed by atoms with Crippen molar-refractivity contribution in [2.24, 2.45) is 5.92 Å². The molecule has 1 aromatic carbocycles. The summed E-state index contributed by atoms with van der Waals surface area (Å²) < 4.78 is 28.2. The lowest BCUT2D eigenvalue weighted by Crippen LogP contribution is -2.05. The van der Waals surface area contributed by atoms with Gasteiger partial charge in [-0.2, -0.15) is 8.78 Å². The van der Waals surface area contributed by atoms with Gasteiger partial charge in [-0.05, 0) is 30.0 Å². The highest BCUT2D eigenvalue weighted by molar-refractivity contribution is 5.28. The predicted octanol–water partition coefficient (Wildman–Crippen LogP) is 3.90. The highest BCUT2D eigenvalue weighted by Crippen LogP contribution is 2.33. The standard InChI is InChI=1S/C14H18F2O2/c15-14(16)18-12-7-5-11(6-8-12)13(17)9-10-3-1-2-4-10/h5-8,10,13-14,17H,1-4,9H2. The molecule has 1 aromatic rings. The van der Waals surface area contributed by atoms with Crippen molar-refractivity contribution in [3.8, 4) is 5.75 Å². The van der Waals surface area contributed by atoms with Gasteiger partial charge < -0.3 is 9.84 Å². The molecule has 0 spiro atoms. The van der Waals surface area contributed by atoms with E-state index in [-0.39, 0.29) is 5.75 Å². The number of hydrogen-bond donors (Lipinski definition) is 1. The number of halogens is 2. The fourth-order valence-electron chi connectivity index (χ4n) is 2.57. The topological polar surface area (TPSA) is 29.5 Å². The Labute approximate surface area is 106 Å². The van der Waals surface area contributed by atoms with E-state index in [4.69, 9.17) is 0 Å². The van der Waals surface area contributed by atoms with Crippen molar-refractivity contribution in [2.45, 2.75) is 44.8 Å². The number of alkyl halides is 2. The lowest BCUT2D eigenvalue weighted by atomic mass is 9.96. The van der Waals surface area contributed by atoms with E-state index in [9.17, 15) is 13.9 Å². The van der Waals surface area contributed by atoms with Crippen LogP contribution in [0.25, 0.3) is 0 Å². The molecular weight excluding hydrogens is 238 g/mol. The van der Waals surface area contributed by atoms with Crippen LogP contribution in [-0.4, -0.2) is 11.7 Å². The first-order chi connectivity index (χ1) is 8.65. The molecule has 4 heteroatoms. The maximum Gasteiger partial charge on any atom is 0.387 e. The normalized spacial score (nSPS) is 18.2. The van der Waals surface area contributed by atoms with E-state index in [1.54, 1.807) is 12.1 Å². The number of rotatable bonds is 5. The Morgan fingerprint density at radius 1 is 1.17 bits per heavy atom. The summed E-state index contributed by atoms with van der Waals surface area (Å²) in [6.07, 6.45) is 5.12. The van der Waals surface area contributed by atoms with E-state index in [0.29, 0.717) is 5.92 Å². The largest absolute Gasteiger partial charge is 0.435 e. The molecule has 1 saturated carbocycles. The minimum absolute atomic E-state index is 0.127. The average Bonchev–Trinajstić information content (AvgIpc) is 2.82. The summed E-state index contributed by atoms with van der Waals surface area (Å²) in [6, 6.07) is 6.24. The zero-order chi connectivity index (χ0) is 13.0. The lowest BCUT2D eigenvalue weighted by Gasteiger charge is -2.16. The van der Waals surface area contributed by atoms with E-state index in [2.05, 4.69) is 4.74 Å². The number of hydrogen-bond acceptors (Lipinski definition) is 2. The predicted molar refractivity (Wildman–Crippen MR) is 64.6 cm³/mol. The third kappa shape index (κ3) is 3.67. The van der Waals surface area contributed by atoms with Crippen molar-refractivity contribution in [1.82, 2.24) is 0 Å². The Hall–Kier alpha value is -1.16. The second-order valence-corrected chi connectivity index (χ2v) is 4.85. The molecule has 0 aliphatic heterocycles. The van der Waals surface area contributed by atoms with Crippen molar-refractivity contribution in [2.75, 3.05) is 0 Å².